The van der Waals surface area contributed by atoms with Crippen LogP contribution in [0.4, 0.5) is 4.39 Å². The topological polar surface area (TPSA) is 52.6 Å². The molecule has 7 heteroatoms. The minimum absolute atomic E-state index is 0.00650. The lowest BCUT2D eigenvalue weighted by Gasteiger charge is -2.36. The molecular formula is C22H30FN5O. The summed E-state index contributed by atoms with van der Waals surface area (Å²) in [6, 6.07) is 8.68. The Morgan fingerprint density at radius 3 is 2.76 bits per heavy atom. The van der Waals surface area contributed by atoms with Crippen molar-refractivity contribution >= 4 is 5.91 Å². The summed E-state index contributed by atoms with van der Waals surface area (Å²) in [5.74, 6) is 0.215. The zero-order valence-corrected chi connectivity index (χ0v) is 17.3. The molecule has 0 saturated carbocycles. The van der Waals surface area contributed by atoms with Gasteiger partial charge >= 0.3 is 0 Å². The van der Waals surface area contributed by atoms with E-state index in [1.54, 1.807) is 18.3 Å². The van der Waals surface area contributed by atoms with E-state index < -0.39 is 0 Å². The number of benzene rings is 1. The molecule has 1 amide bonds. The summed E-state index contributed by atoms with van der Waals surface area (Å²) >= 11 is 0. The van der Waals surface area contributed by atoms with Crippen molar-refractivity contribution in [1.29, 1.82) is 0 Å². The standard InChI is InChI=1S/C22H30FN5O/c1-26(2)12-13-28(22(29)19-9-10-24-25-14-19)16-18-6-5-11-27(15-18)17-20-7-3-4-8-21(20)23/h3-4,7-10,14,18H,5-6,11-13,15-17H2,1-2H3. The van der Waals surface area contributed by atoms with E-state index in [9.17, 15) is 9.18 Å². The van der Waals surface area contributed by atoms with Gasteiger partial charge in [0, 0.05) is 38.3 Å². The summed E-state index contributed by atoms with van der Waals surface area (Å²) in [5, 5.41) is 7.61. The number of aromatic nitrogens is 2. The normalized spacial score (nSPS) is 17.4. The first kappa shape index (κ1) is 21.3. The Morgan fingerprint density at radius 2 is 2.03 bits per heavy atom. The second-order valence-electron chi connectivity index (χ2n) is 8.02. The van der Waals surface area contributed by atoms with Crippen LogP contribution in [0.2, 0.25) is 0 Å². The first-order valence-electron chi connectivity index (χ1n) is 10.2. The van der Waals surface area contributed by atoms with Gasteiger partial charge in [-0.25, -0.2) is 4.39 Å². The Bertz CT molecular complexity index is 786. The molecule has 0 N–H and O–H groups in total. The van der Waals surface area contributed by atoms with Crippen molar-refractivity contribution in [3.63, 3.8) is 0 Å². The summed E-state index contributed by atoms with van der Waals surface area (Å²) in [4.78, 5) is 19.3. The number of carbonyl (C=O) groups excluding carboxylic acids is 1. The Labute approximate surface area is 172 Å². The Balaban J connectivity index is 1.64. The fourth-order valence-corrected chi connectivity index (χ4v) is 3.82. The molecule has 1 unspecified atom stereocenters. The number of hydrogen-bond donors (Lipinski definition) is 0. The SMILES string of the molecule is CN(C)CCN(CC1CCCN(Cc2ccccc2F)C1)C(=O)c1ccnnc1. The molecule has 1 aliphatic rings. The van der Waals surface area contributed by atoms with Crippen molar-refractivity contribution in [2.45, 2.75) is 19.4 Å². The molecule has 1 aromatic carbocycles. The largest absolute Gasteiger partial charge is 0.337 e. The number of hydrogen-bond acceptors (Lipinski definition) is 5. The monoisotopic (exact) mass is 399 g/mol. The molecule has 0 aliphatic carbocycles. The highest BCUT2D eigenvalue weighted by Gasteiger charge is 2.25. The van der Waals surface area contributed by atoms with E-state index in [0.29, 0.717) is 31.1 Å². The van der Waals surface area contributed by atoms with Crippen LogP contribution >= 0.6 is 0 Å². The molecule has 0 bridgehead atoms. The van der Waals surface area contributed by atoms with E-state index in [-0.39, 0.29) is 11.7 Å². The molecule has 156 valence electrons. The highest BCUT2D eigenvalue weighted by atomic mass is 19.1. The summed E-state index contributed by atoms with van der Waals surface area (Å²) in [5.41, 5.74) is 1.30. The number of rotatable bonds is 8. The molecule has 1 atom stereocenters. The maximum atomic E-state index is 14.0. The second-order valence-corrected chi connectivity index (χ2v) is 8.02. The lowest BCUT2D eigenvalue weighted by molar-refractivity contribution is 0.0659. The molecule has 1 fully saturated rings. The Hall–Kier alpha value is -2.38. The summed E-state index contributed by atoms with van der Waals surface area (Å²) in [6.07, 6.45) is 5.21. The van der Waals surface area contributed by atoms with Gasteiger partial charge in [-0.1, -0.05) is 18.2 Å². The predicted molar refractivity (Wildman–Crippen MR) is 111 cm³/mol. The summed E-state index contributed by atoms with van der Waals surface area (Å²) < 4.78 is 14.0. The zero-order chi connectivity index (χ0) is 20.6. The smallest absolute Gasteiger partial charge is 0.255 e. The van der Waals surface area contributed by atoms with Gasteiger partial charge < -0.3 is 9.80 Å². The molecule has 0 radical (unpaired) electrons. The van der Waals surface area contributed by atoms with E-state index in [4.69, 9.17) is 0 Å². The molecule has 2 heterocycles. The molecule has 1 saturated heterocycles. The molecule has 2 aromatic rings. The molecule has 1 aromatic heterocycles. The molecule has 0 spiro atoms. The van der Waals surface area contributed by atoms with Crippen LogP contribution in [0.5, 0.6) is 0 Å². The summed E-state index contributed by atoms with van der Waals surface area (Å²) in [6.45, 7) is 4.61. The van der Waals surface area contributed by atoms with Crippen LogP contribution in [0.1, 0.15) is 28.8 Å². The van der Waals surface area contributed by atoms with Crippen molar-refractivity contribution in [2.75, 3.05) is 46.8 Å². The van der Waals surface area contributed by atoms with Gasteiger partial charge in [-0.3, -0.25) is 9.69 Å². The molecule has 6 nitrogen and oxygen atoms in total. The van der Waals surface area contributed by atoms with Crippen LogP contribution < -0.4 is 0 Å². The first-order valence-corrected chi connectivity index (χ1v) is 10.2. The van der Waals surface area contributed by atoms with Crippen LogP contribution in [0.3, 0.4) is 0 Å². The van der Waals surface area contributed by atoms with Gasteiger partial charge in [-0.15, -0.1) is 0 Å². The predicted octanol–water partition coefficient (Wildman–Crippen LogP) is 2.53. The Morgan fingerprint density at radius 1 is 1.21 bits per heavy atom. The molecular weight excluding hydrogens is 369 g/mol. The average Bonchev–Trinajstić information content (AvgIpc) is 2.73. The lowest BCUT2D eigenvalue weighted by Crippen LogP contribution is -2.44. The van der Waals surface area contributed by atoms with Crippen molar-refractivity contribution in [2.24, 2.45) is 5.92 Å². The number of likely N-dealkylation sites (tertiary alicyclic amines) is 1. The van der Waals surface area contributed by atoms with Crippen LogP contribution in [0.15, 0.2) is 42.7 Å². The van der Waals surface area contributed by atoms with E-state index in [2.05, 4.69) is 20.0 Å². The molecule has 1 aliphatic heterocycles. The van der Waals surface area contributed by atoms with E-state index >= 15 is 0 Å². The van der Waals surface area contributed by atoms with Gasteiger partial charge in [0.2, 0.25) is 0 Å². The Kier molecular flexibility index (Phi) is 7.66. The lowest BCUT2D eigenvalue weighted by atomic mass is 9.96. The maximum Gasteiger partial charge on any atom is 0.255 e. The number of halogens is 1. The van der Waals surface area contributed by atoms with Crippen LogP contribution in [0, 0.1) is 11.7 Å². The minimum Gasteiger partial charge on any atom is -0.337 e. The van der Waals surface area contributed by atoms with Gasteiger partial charge in [0.05, 0.1) is 18.0 Å². The molecule has 3 rings (SSSR count). The van der Waals surface area contributed by atoms with Crippen molar-refractivity contribution in [1.82, 2.24) is 24.9 Å². The maximum absolute atomic E-state index is 14.0. The third-order valence-electron chi connectivity index (χ3n) is 5.37. The molecule has 29 heavy (non-hydrogen) atoms. The van der Waals surface area contributed by atoms with E-state index in [0.717, 1.165) is 38.0 Å². The fourth-order valence-electron chi connectivity index (χ4n) is 3.82. The number of nitrogens with zero attached hydrogens (tertiary/aromatic N) is 5. The van der Waals surface area contributed by atoms with Crippen molar-refractivity contribution < 1.29 is 9.18 Å². The zero-order valence-electron chi connectivity index (χ0n) is 17.3. The van der Waals surface area contributed by atoms with Crippen molar-refractivity contribution in [3.05, 3.63) is 59.7 Å². The number of piperidine rings is 1. The van der Waals surface area contributed by atoms with Gasteiger partial charge in [0.15, 0.2) is 0 Å². The van der Waals surface area contributed by atoms with Crippen LogP contribution in [-0.2, 0) is 6.54 Å². The summed E-state index contributed by atoms with van der Waals surface area (Å²) in [7, 11) is 4.01. The second kappa shape index (κ2) is 10.4. The van der Waals surface area contributed by atoms with Crippen LogP contribution in [0.25, 0.3) is 0 Å². The van der Waals surface area contributed by atoms with E-state index in [1.165, 1.54) is 12.3 Å². The highest BCUT2D eigenvalue weighted by Crippen LogP contribution is 2.21. The number of amides is 1. The van der Waals surface area contributed by atoms with Crippen molar-refractivity contribution in [3.8, 4) is 0 Å². The minimum atomic E-state index is -0.150. The first-order chi connectivity index (χ1) is 14.0. The van der Waals surface area contributed by atoms with Gasteiger partial charge in [0.25, 0.3) is 5.91 Å². The van der Waals surface area contributed by atoms with Crippen LogP contribution in [-0.4, -0.2) is 77.6 Å². The van der Waals surface area contributed by atoms with Gasteiger partial charge in [-0.05, 0) is 51.5 Å². The fraction of sp³-hybridized carbons (Fsp3) is 0.500. The third-order valence-corrected chi connectivity index (χ3v) is 5.37. The highest BCUT2D eigenvalue weighted by molar-refractivity contribution is 5.93. The average molecular weight is 400 g/mol. The van der Waals surface area contributed by atoms with E-state index in [1.807, 2.05) is 31.1 Å². The van der Waals surface area contributed by atoms with Gasteiger partial charge in [0.1, 0.15) is 5.82 Å². The third kappa shape index (κ3) is 6.30. The quantitative estimate of drug-likeness (QED) is 0.683. The number of carbonyl (C=O) groups is 1. The number of likely N-dealkylation sites (N-methyl/N-ethyl adjacent to an activating group) is 1. The van der Waals surface area contributed by atoms with Gasteiger partial charge in [-0.2, -0.15) is 10.2 Å².